The SMILES string of the molecule is O=C(CC[P+](=O)CCN1C(=O)C=CC1=O)ON1CCCC1=O. The summed E-state index contributed by atoms with van der Waals surface area (Å²) in [7, 11) is -1.72. The number of hydroxylamine groups is 2. The van der Waals surface area contributed by atoms with Crippen LogP contribution in [-0.2, 0) is 28.6 Å². The molecule has 2 heterocycles. The summed E-state index contributed by atoms with van der Waals surface area (Å²) < 4.78 is 11.8. The van der Waals surface area contributed by atoms with E-state index in [2.05, 4.69) is 0 Å². The highest BCUT2D eigenvalue weighted by molar-refractivity contribution is 7.44. The summed E-state index contributed by atoms with van der Waals surface area (Å²) in [5.74, 6) is -1.66. The van der Waals surface area contributed by atoms with Gasteiger partial charge in [-0.1, -0.05) is 4.57 Å². The number of carbonyl (C=O) groups is 4. The lowest BCUT2D eigenvalue weighted by molar-refractivity contribution is -0.192. The Morgan fingerprint density at radius 3 is 2.45 bits per heavy atom. The average molecular weight is 327 g/mol. The van der Waals surface area contributed by atoms with Crippen LogP contribution in [-0.4, -0.2) is 59.1 Å². The van der Waals surface area contributed by atoms with Gasteiger partial charge in [0.05, 0.1) is 19.5 Å². The highest BCUT2D eigenvalue weighted by atomic mass is 31.1. The minimum Gasteiger partial charge on any atom is -0.338 e. The van der Waals surface area contributed by atoms with Crippen LogP contribution in [0.25, 0.3) is 0 Å². The minimum absolute atomic E-state index is 0.0690. The van der Waals surface area contributed by atoms with Crippen molar-refractivity contribution >= 4 is 31.5 Å². The average Bonchev–Trinajstić information content (AvgIpc) is 3.01. The monoisotopic (exact) mass is 327 g/mol. The smallest absolute Gasteiger partial charge is 0.338 e. The Hall–Kier alpha value is -2.08. The van der Waals surface area contributed by atoms with E-state index in [-0.39, 0.29) is 31.2 Å². The Bertz CT molecular complexity index is 541. The highest BCUT2D eigenvalue weighted by Crippen LogP contribution is 2.22. The molecule has 1 atom stereocenters. The maximum absolute atomic E-state index is 11.8. The van der Waals surface area contributed by atoms with E-state index in [1.165, 1.54) is 12.2 Å². The molecular formula is C13H16N2O6P+. The van der Waals surface area contributed by atoms with E-state index in [9.17, 15) is 23.7 Å². The van der Waals surface area contributed by atoms with Gasteiger partial charge in [0.15, 0.2) is 12.3 Å². The second-order valence-corrected chi connectivity index (χ2v) is 6.76. The van der Waals surface area contributed by atoms with Crippen molar-refractivity contribution in [1.82, 2.24) is 9.96 Å². The molecular weight excluding hydrogens is 311 g/mol. The highest BCUT2D eigenvalue weighted by Gasteiger charge is 2.28. The molecule has 0 aromatic carbocycles. The van der Waals surface area contributed by atoms with Crippen molar-refractivity contribution in [3.63, 3.8) is 0 Å². The predicted molar refractivity (Wildman–Crippen MR) is 74.9 cm³/mol. The first-order chi connectivity index (χ1) is 10.5. The molecule has 0 bridgehead atoms. The molecule has 1 fully saturated rings. The van der Waals surface area contributed by atoms with E-state index in [1.54, 1.807) is 0 Å². The lowest BCUT2D eigenvalue weighted by Crippen LogP contribution is -2.32. The fraction of sp³-hybridized carbons (Fsp3) is 0.538. The van der Waals surface area contributed by atoms with Crippen LogP contribution in [0.4, 0.5) is 0 Å². The number of nitrogens with zero attached hydrogens (tertiary/aromatic N) is 2. The number of hydrogen-bond acceptors (Lipinski definition) is 6. The molecule has 2 rings (SSSR count). The summed E-state index contributed by atoms with van der Waals surface area (Å²) in [6, 6.07) is 0. The first-order valence-electron chi connectivity index (χ1n) is 6.94. The molecule has 0 aliphatic carbocycles. The van der Waals surface area contributed by atoms with E-state index in [1.807, 2.05) is 0 Å². The zero-order valence-electron chi connectivity index (χ0n) is 11.9. The third kappa shape index (κ3) is 4.21. The maximum Gasteiger partial charge on any atom is 0.341 e. The van der Waals surface area contributed by atoms with Crippen LogP contribution in [0.1, 0.15) is 19.3 Å². The van der Waals surface area contributed by atoms with Crippen molar-refractivity contribution in [2.75, 3.05) is 25.4 Å². The van der Waals surface area contributed by atoms with Crippen molar-refractivity contribution in [1.29, 1.82) is 0 Å². The fourth-order valence-electron chi connectivity index (χ4n) is 2.08. The van der Waals surface area contributed by atoms with Crippen molar-refractivity contribution in [2.45, 2.75) is 19.3 Å². The summed E-state index contributed by atoms with van der Waals surface area (Å²) in [6.07, 6.45) is 3.53. The minimum atomic E-state index is -1.72. The van der Waals surface area contributed by atoms with Gasteiger partial charge in [0.25, 0.3) is 17.7 Å². The van der Waals surface area contributed by atoms with Crippen molar-refractivity contribution in [2.24, 2.45) is 0 Å². The Kier molecular flexibility index (Phi) is 5.38. The van der Waals surface area contributed by atoms with Crippen molar-refractivity contribution < 1.29 is 28.6 Å². The van der Waals surface area contributed by atoms with Gasteiger partial charge in [-0.3, -0.25) is 19.3 Å². The van der Waals surface area contributed by atoms with Crippen LogP contribution in [0.5, 0.6) is 0 Å². The van der Waals surface area contributed by atoms with Gasteiger partial charge in [0.2, 0.25) is 0 Å². The van der Waals surface area contributed by atoms with Gasteiger partial charge in [-0.15, -0.1) is 0 Å². The van der Waals surface area contributed by atoms with Crippen LogP contribution < -0.4 is 0 Å². The largest absolute Gasteiger partial charge is 0.341 e. The normalized spacial score (nSPS) is 18.4. The Labute approximate surface area is 127 Å². The molecule has 0 radical (unpaired) electrons. The zero-order valence-corrected chi connectivity index (χ0v) is 12.8. The molecule has 0 aromatic rings. The zero-order chi connectivity index (χ0) is 16.1. The summed E-state index contributed by atoms with van der Waals surface area (Å²) in [5, 5.41) is 1.03. The molecule has 9 heteroatoms. The van der Waals surface area contributed by atoms with Gasteiger partial charge in [-0.05, 0) is 6.42 Å². The number of hydrogen-bond donors (Lipinski definition) is 0. The first kappa shape index (κ1) is 16.3. The molecule has 118 valence electrons. The topological polar surface area (TPSA) is 101 Å². The van der Waals surface area contributed by atoms with E-state index in [4.69, 9.17) is 4.84 Å². The molecule has 8 nitrogen and oxygen atoms in total. The molecule has 2 aliphatic heterocycles. The van der Waals surface area contributed by atoms with E-state index < -0.39 is 25.6 Å². The van der Waals surface area contributed by atoms with Gasteiger partial charge in [0, 0.05) is 18.6 Å². The van der Waals surface area contributed by atoms with Crippen molar-refractivity contribution in [3.8, 4) is 0 Å². The van der Waals surface area contributed by atoms with Gasteiger partial charge < -0.3 is 4.84 Å². The molecule has 3 amide bonds. The summed E-state index contributed by atoms with van der Waals surface area (Å²) >= 11 is 0. The summed E-state index contributed by atoms with van der Waals surface area (Å²) in [6.45, 7) is 0.461. The second kappa shape index (κ2) is 7.26. The number of imide groups is 1. The molecule has 0 spiro atoms. The predicted octanol–water partition coefficient (Wildman–Crippen LogP) is 0.209. The molecule has 1 unspecified atom stereocenters. The molecule has 1 saturated heterocycles. The van der Waals surface area contributed by atoms with Crippen LogP contribution in [0.2, 0.25) is 0 Å². The van der Waals surface area contributed by atoms with E-state index in [0.29, 0.717) is 19.4 Å². The Balaban J connectivity index is 1.65. The van der Waals surface area contributed by atoms with Crippen LogP contribution in [0.3, 0.4) is 0 Å². The summed E-state index contributed by atoms with van der Waals surface area (Å²) in [4.78, 5) is 51.3. The lowest BCUT2D eigenvalue weighted by Gasteiger charge is -2.13. The standard InChI is InChI=1S/C13H16N2O6P/c16-10-3-4-11(17)14(10)7-9-22(20)8-5-13(19)21-15-6-1-2-12(15)18/h3-4H,1-2,5-9H2/q+1. The van der Waals surface area contributed by atoms with Gasteiger partial charge in [-0.2, -0.15) is 5.06 Å². The second-order valence-electron chi connectivity index (χ2n) is 4.90. The molecule has 0 N–H and O–H groups in total. The van der Waals surface area contributed by atoms with Crippen molar-refractivity contribution in [3.05, 3.63) is 12.2 Å². The molecule has 0 aromatic heterocycles. The Morgan fingerprint density at radius 1 is 1.18 bits per heavy atom. The lowest BCUT2D eigenvalue weighted by atomic mass is 10.4. The van der Waals surface area contributed by atoms with Gasteiger partial charge in [0.1, 0.15) is 0 Å². The fourth-order valence-corrected chi connectivity index (χ4v) is 3.16. The van der Waals surface area contributed by atoms with Crippen LogP contribution >= 0.6 is 7.80 Å². The van der Waals surface area contributed by atoms with Gasteiger partial charge >= 0.3 is 13.8 Å². The molecule has 2 aliphatic rings. The Morgan fingerprint density at radius 2 is 1.86 bits per heavy atom. The van der Waals surface area contributed by atoms with Crippen LogP contribution in [0, 0.1) is 0 Å². The van der Waals surface area contributed by atoms with Gasteiger partial charge in [-0.25, -0.2) is 4.79 Å². The molecule has 22 heavy (non-hydrogen) atoms. The third-order valence-electron chi connectivity index (χ3n) is 3.28. The van der Waals surface area contributed by atoms with Crippen LogP contribution in [0.15, 0.2) is 12.2 Å². The quantitative estimate of drug-likeness (QED) is 0.489. The number of rotatable bonds is 7. The number of carbonyl (C=O) groups excluding carboxylic acids is 4. The maximum atomic E-state index is 11.8. The van der Waals surface area contributed by atoms with E-state index in [0.717, 1.165) is 9.96 Å². The summed E-state index contributed by atoms with van der Waals surface area (Å²) in [5.41, 5.74) is 0. The third-order valence-corrected chi connectivity index (χ3v) is 4.70. The number of amides is 3. The molecule has 0 saturated carbocycles. The first-order valence-corrected chi connectivity index (χ1v) is 8.57. The van der Waals surface area contributed by atoms with E-state index >= 15 is 0 Å².